The second-order valence-corrected chi connectivity index (χ2v) is 2.70. The molecule has 12 heavy (non-hydrogen) atoms. The number of aliphatic hydroxyl groups excluding tert-OH is 4. The summed E-state index contributed by atoms with van der Waals surface area (Å²) in [5.74, 6) is 0. The van der Waals surface area contributed by atoms with Gasteiger partial charge in [0.15, 0.2) is 6.29 Å². The van der Waals surface area contributed by atoms with Crippen LogP contribution >= 0.6 is 0 Å². The van der Waals surface area contributed by atoms with Crippen LogP contribution in [0.1, 0.15) is 6.92 Å². The van der Waals surface area contributed by atoms with Gasteiger partial charge in [0, 0.05) is 0 Å². The summed E-state index contributed by atoms with van der Waals surface area (Å²) in [4.78, 5) is 0. The molecule has 0 radical (unpaired) electrons. The predicted molar refractivity (Wildman–Crippen MR) is 38.2 cm³/mol. The Balaban J connectivity index is 0.00000121. The molecule has 74 valence electrons. The number of hydrogen-bond donors (Lipinski definition) is 4. The first-order valence-electron chi connectivity index (χ1n) is 3.41. The molecule has 0 spiro atoms. The fourth-order valence-corrected chi connectivity index (χ4v) is 1.03. The smallest absolute Gasteiger partial charge is 0.183 e. The highest BCUT2D eigenvalue weighted by atomic mass is 16.7. The van der Waals surface area contributed by atoms with Crippen LogP contribution in [0.25, 0.3) is 0 Å². The van der Waals surface area contributed by atoms with Crippen molar-refractivity contribution >= 4 is 0 Å². The van der Waals surface area contributed by atoms with Crippen molar-refractivity contribution in [3.8, 4) is 0 Å². The normalized spacial score (nSPS) is 48.2. The molecule has 0 bridgehead atoms. The zero-order valence-corrected chi connectivity index (χ0v) is 6.58. The van der Waals surface area contributed by atoms with Crippen molar-refractivity contribution < 1.29 is 30.6 Å². The number of hydrogen-bond acceptors (Lipinski definition) is 5. The first-order chi connectivity index (χ1) is 5.04. The molecular weight excluding hydrogens is 169 g/mol. The largest absolute Gasteiger partial charge is 0.412 e. The van der Waals surface area contributed by atoms with Crippen LogP contribution < -0.4 is 0 Å². The first kappa shape index (κ1) is 11.8. The van der Waals surface area contributed by atoms with E-state index in [0.717, 1.165) is 0 Å². The van der Waals surface area contributed by atoms with Gasteiger partial charge in [0.1, 0.15) is 18.3 Å². The molecular formula is C6H14O6. The Bertz CT molecular complexity index is 126. The van der Waals surface area contributed by atoms with Gasteiger partial charge in [0.05, 0.1) is 6.10 Å². The first-order valence-corrected chi connectivity index (χ1v) is 3.41. The Kier molecular flexibility index (Phi) is 4.04. The van der Waals surface area contributed by atoms with Crippen molar-refractivity contribution in [1.82, 2.24) is 0 Å². The van der Waals surface area contributed by atoms with Crippen molar-refractivity contribution in [3.63, 3.8) is 0 Å². The fourth-order valence-electron chi connectivity index (χ4n) is 1.03. The third-order valence-corrected chi connectivity index (χ3v) is 1.83. The lowest BCUT2D eigenvalue weighted by Crippen LogP contribution is -2.56. The molecule has 1 aliphatic rings. The molecule has 0 aromatic heterocycles. The predicted octanol–water partition coefficient (Wildman–Crippen LogP) is -3.02. The van der Waals surface area contributed by atoms with Crippen molar-refractivity contribution in [2.75, 3.05) is 0 Å². The van der Waals surface area contributed by atoms with Crippen molar-refractivity contribution in [3.05, 3.63) is 0 Å². The molecule has 1 unspecified atom stereocenters. The molecule has 1 aliphatic heterocycles. The van der Waals surface area contributed by atoms with E-state index in [2.05, 4.69) is 4.74 Å². The van der Waals surface area contributed by atoms with E-state index in [9.17, 15) is 0 Å². The third-order valence-electron chi connectivity index (χ3n) is 1.83. The van der Waals surface area contributed by atoms with Gasteiger partial charge in [-0.25, -0.2) is 0 Å². The number of ether oxygens (including phenoxy) is 1. The van der Waals surface area contributed by atoms with Crippen LogP contribution in [0.4, 0.5) is 0 Å². The Morgan fingerprint density at radius 3 is 1.92 bits per heavy atom. The lowest BCUT2D eigenvalue weighted by atomic mass is 10.1. The Morgan fingerprint density at radius 1 is 0.917 bits per heavy atom. The lowest BCUT2D eigenvalue weighted by Gasteiger charge is -2.36. The maximum atomic E-state index is 9.09. The molecule has 0 saturated carbocycles. The second-order valence-electron chi connectivity index (χ2n) is 2.70. The van der Waals surface area contributed by atoms with E-state index in [1.807, 2.05) is 0 Å². The lowest BCUT2D eigenvalue weighted by molar-refractivity contribution is -0.277. The van der Waals surface area contributed by atoms with E-state index in [1.165, 1.54) is 6.92 Å². The van der Waals surface area contributed by atoms with Crippen LogP contribution in [-0.2, 0) is 4.74 Å². The molecule has 6 nitrogen and oxygen atoms in total. The monoisotopic (exact) mass is 183 g/mol. The molecule has 5 atom stereocenters. The zero-order valence-electron chi connectivity index (χ0n) is 6.58. The summed E-state index contributed by atoms with van der Waals surface area (Å²) in [6, 6.07) is 0. The van der Waals surface area contributed by atoms with Crippen LogP contribution in [-0.4, -0.2) is 56.6 Å². The van der Waals surface area contributed by atoms with Crippen LogP contribution in [0.2, 0.25) is 0 Å². The Morgan fingerprint density at radius 2 is 1.42 bits per heavy atom. The van der Waals surface area contributed by atoms with Gasteiger partial charge in [-0.05, 0) is 6.92 Å². The van der Waals surface area contributed by atoms with Crippen LogP contribution in [0.5, 0.6) is 0 Å². The third kappa shape index (κ3) is 1.92. The topological polar surface area (TPSA) is 122 Å². The van der Waals surface area contributed by atoms with Gasteiger partial charge >= 0.3 is 0 Å². The zero-order chi connectivity index (χ0) is 8.59. The van der Waals surface area contributed by atoms with Gasteiger partial charge < -0.3 is 30.6 Å². The van der Waals surface area contributed by atoms with Gasteiger partial charge in [-0.15, -0.1) is 0 Å². The molecule has 1 saturated heterocycles. The molecule has 0 aromatic carbocycles. The van der Waals surface area contributed by atoms with Gasteiger partial charge in [0.2, 0.25) is 0 Å². The van der Waals surface area contributed by atoms with E-state index in [0.29, 0.717) is 0 Å². The summed E-state index contributed by atoms with van der Waals surface area (Å²) in [5.41, 5.74) is 0. The highest BCUT2D eigenvalue weighted by molar-refractivity contribution is 4.86. The molecule has 1 heterocycles. The molecule has 0 aromatic rings. The van der Waals surface area contributed by atoms with Crippen LogP contribution in [0.15, 0.2) is 0 Å². The summed E-state index contributed by atoms with van der Waals surface area (Å²) in [6.07, 6.45) is -5.99. The standard InChI is InChI=1S/C6H12O5.H2O/c1-2-3(7)4(8)5(9)6(10)11-2;/h2-10H,1H3;1H2/t2-,3-,4+,5+,6?;/m0./s1/i6+1;. The minimum absolute atomic E-state index is 0. The quantitative estimate of drug-likeness (QED) is 0.298. The Hall–Kier alpha value is -0.240. The summed E-state index contributed by atoms with van der Waals surface area (Å²) >= 11 is 0. The van der Waals surface area contributed by atoms with Crippen molar-refractivity contribution in [2.24, 2.45) is 0 Å². The minimum atomic E-state index is -1.43. The average Bonchev–Trinajstić information content (AvgIpc) is 1.97. The fraction of sp³-hybridized carbons (Fsp3) is 1.00. The van der Waals surface area contributed by atoms with E-state index in [-0.39, 0.29) is 5.48 Å². The molecule has 6 heteroatoms. The van der Waals surface area contributed by atoms with E-state index in [1.54, 1.807) is 0 Å². The average molecular weight is 183 g/mol. The molecule has 1 fully saturated rings. The van der Waals surface area contributed by atoms with Crippen molar-refractivity contribution in [1.29, 1.82) is 0 Å². The van der Waals surface area contributed by atoms with Gasteiger partial charge in [-0.3, -0.25) is 0 Å². The highest BCUT2D eigenvalue weighted by Crippen LogP contribution is 2.18. The molecule has 1 rings (SSSR count). The summed E-state index contributed by atoms with van der Waals surface area (Å²) in [7, 11) is 0. The number of rotatable bonds is 0. The maximum Gasteiger partial charge on any atom is 0.183 e. The van der Waals surface area contributed by atoms with Gasteiger partial charge in [-0.2, -0.15) is 0 Å². The number of aliphatic hydroxyl groups is 4. The second kappa shape index (κ2) is 4.13. The van der Waals surface area contributed by atoms with E-state index < -0.39 is 30.7 Å². The molecule has 0 amide bonds. The summed E-state index contributed by atoms with van der Waals surface area (Å²) < 4.78 is 4.68. The molecule has 6 N–H and O–H groups in total. The van der Waals surface area contributed by atoms with E-state index in [4.69, 9.17) is 20.4 Å². The summed E-state index contributed by atoms with van der Waals surface area (Å²) in [5, 5.41) is 36.0. The minimum Gasteiger partial charge on any atom is -0.412 e. The summed E-state index contributed by atoms with van der Waals surface area (Å²) in [6.45, 7) is 1.50. The van der Waals surface area contributed by atoms with Crippen LogP contribution in [0.3, 0.4) is 0 Å². The van der Waals surface area contributed by atoms with Gasteiger partial charge in [-0.1, -0.05) is 0 Å². The van der Waals surface area contributed by atoms with Crippen molar-refractivity contribution in [2.45, 2.75) is 37.6 Å². The highest BCUT2D eigenvalue weighted by Gasteiger charge is 2.40. The SMILES string of the molecule is C[C@@H]1O[13CH](O)[C@H](O)[C@H](O)[C@H]1O.O. The maximum absolute atomic E-state index is 9.09. The van der Waals surface area contributed by atoms with E-state index >= 15 is 0 Å². The Labute approximate surface area is 69.3 Å². The molecule has 0 aliphatic carbocycles. The van der Waals surface area contributed by atoms with Crippen LogP contribution in [0, 0.1) is 0 Å². The van der Waals surface area contributed by atoms with Gasteiger partial charge in [0.25, 0.3) is 0 Å².